The number of aryl methyl sites for hydroxylation is 1. The summed E-state index contributed by atoms with van der Waals surface area (Å²) in [4.78, 5) is 15.2. The van der Waals surface area contributed by atoms with Crippen LogP contribution in [-0.2, 0) is 6.42 Å². The van der Waals surface area contributed by atoms with Crippen molar-refractivity contribution in [3.63, 3.8) is 0 Å². The zero-order chi connectivity index (χ0) is 12.7. The van der Waals surface area contributed by atoms with Crippen LogP contribution in [0.3, 0.4) is 0 Å². The van der Waals surface area contributed by atoms with E-state index in [1.165, 1.54) is 16.9 Å². The highest BCUT2D eigenvalue weighted by Crippen LogP contribution is 2.33. The summed E-state index contributed by atoms with van der Waals surface area (Å²) in [5.74, 6) is 0.110. The van der Waals surface area contributed by atoms with Gasteiger partial charge in [-0.15, -0.1) is 11.3 Å². The summed E-state index contributed by atoms with van der Waals surface area (Å²) in [7, 11) is 0. The van der Waals surface area contributed by atoms with Gasteiger partial charge in [0.15, 0.2) is 0 Å². The van der Waals surface area contributed by atoms with Crippen molar-refractivity contribution < 1.29 is 4.79 Å². The topological polar surface area (TPSA) is 20.3 Å². The van der Waals surface area contributed by atoms with Gasteiger partial charge in [0.05, 0.1) is 8.66 Å². The highest BCUT2D eigenvalue weighted by atomic mass is 79.9. The largest absolute Gasteiger partial charge is 0.307 e. The number of carbonyl (C=O) groups is 1. The Morgan fingerprint density at radius 3 is 2.89 bits per heavy atom. The molecule has 0 fully saturated rings. The molecule has 0 N–H and O–H groups in total. The predicted octanol–water partition coefficient (Wildman–Crippen LogP) is 4.02. The van der Waals surface area contributed by atoms with Crippen molar-refractivity contribution >= 4 is 38.9 Å². The van der Waals surface area contributed by atoms with Crippen molar-refractivity contribution in [2.45, 2.75) is 13.3 Å². The molecule has 0 aliphatic carbocycles. The van der Waals surface area contributed by atoms with E-state index in [0.717, 1.165) is 32.9 Å². The van der Waals surface area contributed by atoms with Crippen LogP contribution in [-0.4, -0.2) is 12.5 Å². The molecular weight excluding hydrogens is 310 g/mol. The van der Waals surface area contributed by atoms with Crippen LogP contribution in [0.2, 0.25) is 0 Å². The SMILES string of the molecule is Cc1cc(C(=O)N2CCc3ccccc32)sc1Br. The molecular formula is C14H12BrNOS. The minimum absolute atomic E-state index is 0.110. The molecule has 1 amide bonds. The molecule has 18 heavy (non-hydrogen) atoms. The van der Waals surface area contributed by atoms with Crippen LogP contribution in [0, 0.1) is 6.92 Å². The number of hydrogen-bond acceptors (Lipinski definition) is 2. The monoisotopic (exact) mass is 321 g/mol. The molecule has 0 unspecified atom stereocenters. The Kier molecular flexibility index (Phi) is 2.99. The minimum Gasteiger partial charge on any atom is -0.307 e. The molecule has 2 heterocycles. The molecule has 2 aromatic rings. The Bertz CT molecular complexity index is 601. The average Bonchev–Trinajstić information content (AvgIpc) is 2.93. The van der Waals surface area contributed by atoms with E-state index in [1.807, 2.05) is 36.1 Å². The van der Waals surface area contributed by atoms with Gasteiger partial charge in [0.1, 0.15) is 0 Å². The molecule has 0 saturated carbocycles. The van der Waals surface area contributed by atoms with E-state index in [-0.39, 0.29) is 5.91 Å². The molecule has 0 bridgehead atoms. The lowest BCUT2D eigenvalue weighted by atomic mass is 10.2. The maximum atomic E-state index is 12.5. The zero-order valence-corrected chi connectivity index (χ0v) is 12.3. The number of para-hydroxylation sites is 1. The van der Waals surface area contributed by atoms with Crippen LogP contribution in [0.5, 0.6) is 0 Å². The summed E-state index contributed by atoms with van der Waals surface area (Å²) < 4.78 is 1.04. The van der Waals surface area contributed by atoms with Gasteiger partial charge < -0.3 is 4.90 Å². The maximum Gasteiger partial charge on any atom is 0.268 e. The minimum atomic E-state index is 0.110. The first-order valence-corrected chi connectivity index (χ1v) is 7.43. The highest BCUT2D eigenvalue weighted by molar-refractivity contribution is 9.11. The smallest absolute Gasteiger partial charge is 0.268 e. The first kappa shape index (κ1) is 11.9. The van der Waals surface area contributed by atoms with E-state index in [0.29, 0.717) is 0 Å². The zero-order valence-electron chi connectivity index (χ0n) is 9.94. The van der Waals surface area contributed by atoms with Gasteiger partial charge in [-0.1, -0.05) is 18.2 Å². The quantitative estimate of drug-likeness (QED) is 0.776. The van der Waals surface area contributed by atoms with Gasteiger partial charge in [-0.05, 0) is 52.5 Å². The number of amides is 1. The van der Waals surface area contributed by atoms with E-state index in [9.17, 15) is 4.79 Å². The molecule has 2 nitrogen and oxygen atoms in total. The number of thiophene rings is 1. The fourth-order valence-corrected chi connectivity index (χ4v) is 3.73. The Labute approximate surface area is 118 Å². The van der Waals surface area contributed by atoms with Crippen molar-refractivity contribution in [1.82, 2.24) is 0 Å². The second-order valence-corrected chi connectivity index (χ2v) is 6.77. The van der Waals surface area contributed by atoms with Crippen molar-refractivity contribution in [3.8, 4) is 0 Å². The summed E-state index contributed by atoms with van der Waals surface area (Å²) in [6.07, 6.45) is 0.952. The molecule has 0 radical (unpaired) electrons. The molecule has 0 saturated heterocycles. The fourth-order valence-electron chi connectivity index (χ4n) is 2.25. The van der Waals surface area contributed by atoms with Crippen LogP contribution >= 0.6 is 27.3 Å². The van der Waals surface area contributed by atoms with Crippen molar-refractivity contribution in [3.05, 3.63) is 50.1 Å². The third kappa shape index (κ3) is 1.89. The maximum absolute atomic E-state index is 12.5. The molecule has 92 valence electrons. The van der Waals surface area contributed by atoms with Crippen molar-refractivity contribution in [2.24, 2.45) is 0 Å². The number of benzene rings is 1. The normalized spacial score (nSPS) is 13.8. The van der Waals surface area contributed by atoms with E-state index in [1.54, 1.807) is 0 Å². The second kappa shape index (κ2) is 4.52. The van der Waals surface area contributed by atoms with Crippen LogP contribution in [0.4, 0.5) is 5.69 Å². The molecule has 4 heteroatoms. The Morgan fingerprint density at radius 2 is 2.17 bits per heavy atom. The van der Waals surface area contributed by atoms with Gasteiger partial charge in [0.2, 0.25) is 0 Å². The van der Waals surface area contributed by atoms with Gasteiger partial charge in [-0.2, -0.15) is 0 Å². The molecule has 1 aromatic heterocycles. The highest BCUT2D eigenvalue weighted by Gasteiger charge is 2.26. The molecule has 0 spiro atoms. The van der Waals surface area contributed by atoms with Gasteiger partial charge in [-0.3, -0.25) is 4.79 Å². The van der Waals surface area contributed by atoms with E-state index in [2.05, 4.69) is 22.0 Å². The van der Waals surface area contributed by atoms with Crippen molar-refractivity contribution in [1.29, 1.82) is 0 Å². The molecule has 1 aliphatic heterocycles. The number of hydrogen-bond donors (Lipinski definition) is 0. The predicted molar refractivity (Wildman–Crippen MR) is 78.6 cm³/mol. The third-order valence-corrected chi connectivity index (χ3v) is 5.32. The Morgan fingerprint density at radius 1 is 1.39 bits per heavy atom. The van der Waals surface area contributed by atoms with Gasteiger partial charge >= 0.3 is 0 Å². The number of rotatable bonds is 1. The number of fused-ring (bicyclic) bond motifs is 1. The summed E-state index contributed by atoms with van der Waals surface area (Å²) in [5.41, 5.74) is 3.44. The van der Waals surface area contributed by atoms with Gasteiger partial charge in [-0.25, -0.2) is 0 Å². The van der Waals surface area contributed by atoms with Crippen LogP contribution in [0.1, 0.15) is 20.8 Å². The fraction of sp³-hybridized carbons (Fsp3) is 0.214. The molecule has 3 rings (SSSR count). The third-order valence-electron chi connectivity index (χ3n) is 3.20. The summed E-state index contributed by atoms with van der Waals surface area (Å²) >= 11 is 4.98. The summed E-state index contributed by atoms with van der Waals surface area (Å²) in [6, 6.07) is 10.1. The number of anilines is 1. The number of carbonyl (C=O) groups excluding carboxylic acids is 1. The van der Waals surface area contributed by atoms with E-state index >= 15 is 0 Å². The average molecular weight is 322 g/mol. The molecule has 0 atom stereocenters. The van der Waals surface area contributed by atoms with Crippen LogP contribution in [0.15, 0.2) is 34.1 Å². The molecule has 1 aliphatic rings. The Hall–Kier alpha value is -1.13. The standard InChI is InChI=1S/C14H12BrNOS/c1-9-8-12(18-13(9)15)14(17)16-7-6-10-4-2-3-5-11(10)16/h2-5,8H,6-7H2,1H3. The van der Waals surface area contributed by atoms with E-state index < -0.39 is 0 Å². The first-order chi connectivity index (χ1) is 8.66. The summed E-state index contributed by atoms with van der Waals surface area (Å²) in [6.45, 7) is 2.79. The second-order valence-electron chi connectivity index (χ2n) is 4.40. The lowest BCUT2D eigenvalue weighted by molar-refractivity contribution is 0.0993. The van der Waals surface area contributed by atoms with Gasteiger partial charge in [0.25, 0.3) is 5.91 Å². The van der Waals surface area contributed by atoms with Crippen LogP contribution < -0.4 is 4.90 Å². The lowest BCUT2D eigenvalue weighted by Crippen LogP contribution is -2.28. The Balaban J connectivity index is 1.95. The number of halogens is 1. The van der Waals surface area contributed by atoms with Crippen LogP contribution in [0.25, 0.3) is 0 Å². The summed E-state index contributed by atoms with van der Waals surface area (Å²) in [5, 5.41) is 0. The van der Waals surface area contributed by atoms with Gasteiger partial charge in [0, 0.05) is 12.2 Å². The van der Waals surface area contributed by atoms with Crippen molar-refractivity contribution in [2.75, 3.05) is 11.4 Å². The molecule has 1 aromatic carbocycles. The van der Waals surface area contributed by atoms with E-state index in [4.69, 9.17) is 0 Å². The number of nitrogens with zero attached hydrogens (tertiary/aromatic N) is 1. The lowest BCUT2D eigenvalue weighted by Gasteiger charge is -2.15. The first-order valence-electron chi connectivity index (χ1n) is 5.82.